The zero-order valence-corrected chi connectivity index (χ0v) is 36.8. The fourth-order valence-corrected chi connectivity index (χ4v) is 9.80. The molecule has 9 aromatic carbocycles. The fourth-order valence-electron chi connectivity index (χ4n) is 9.80. The van der Waals surface area contributed by atoms with Crippen molar-refractivity contribution in [3.63, 3.8) is 0 Å². The number of hydrogen-bond donors (Lipinski definition) is 0. The van der Waals surface area contributed by atoms with Gasteiger partial charge >= 0.3 is 0 Å². The Hall–Kier alpha value is -9.26. The predicted molar refractivity (Wildman–Crippen MR) is 279 cm³/mol. The molecular formula is C62H40N6. The van der Waals surface area contributed by atoms with E-state index in [1.54, 1.807) is 0 Å². The van der Waals surface area contributed by atoms with Gasteiger partial charge in [-0.3, -0.25) is 4.57 Å². The smallest absolute Gasteiger partial charge is 0.238 e. The molecule has 6 heteroatoms. The van der Waals surface area contributed by atoms with Crippen LogP contribution in [0.1, 0.15) is 0 Å². The van der Waals surface area contributed by atoms with Crippen LogP contribution in [-0.2, 0) is 0 Å². The Kier molecular flexibility index (Phi) is 9.39. The van der Waals surface area contributed by atoms with Crippen LogP contribution >= 0.6 is 0 Å². The number of para-hydroxylation sites is 2. The molecule has 0 bridgehead atoms. The molecule has 0 amide bonds. The maximum absolute atomic E-state index is 5.43. The monoisotopic (exact) mass is 868 g/mol. The van der Waals surface area contributed by atoms with Gasteiger partial charge in [0, 0.05) is 49.5 Å². The zero-order valence-electron chi connectivity index (χ0n) is 36.8. The first-order valence-corrected chi connectivity index (χ1v) is 22.9. The molecule has 0 fully saturated rings. The molecule has 0 aliphatic carbocycles. The van der Waals surface area contributed by atoms with E-state index in [0.29, 0.717) is 17.6 Å². The molecule has 0 aliphatic heterocycles. The van der Waals surface area contributed by atoms with Gasteiger partial charge in [0.15, 0.2) is 11.6 Å². The standard InChI is InChI=1S/C62H40N6/c1-4-18-41(19-5-1)44-24-14-25-45(38-44)46-26-16-29-49(40-46)67-56-34-12-10-30-50(56)52-36-37-53-51-31-11-13-35-57(51)68(59(53)58(52)67)62-65-60(43-22-8-3-9-23-43)64-61(66-62)48-28-15-27-47(39-48)55-33-17-32-54(63-55)42-20-6-2-7-21-42/h1-40H. The number of nitrogens with zero attached hydrogens (tertiary/aromatic N) is 6. The first-order valence-electron chi connectivity index (χ1n) is 22.9. The van der Waals surface area contributed by atoms with Crippen molar-refractivity contribution in [2.24, 2.45) is 0 Å². The summed E-state index contributed by atoms with van der Waals surface area (Å²) in [5.41, 5.74) is 15.5. The Morgan fingerprint density at radius 2 is 0.691 bits per heavy atom. The SMILES string of the molecule is c1ccc(-c2cccc(-c3cccc(-n4c5ccccc5c5ccc6c7ccccc7n(-c7nc(-c8ccccc8)nc(-c8cccc(-c9cccc(-c%10ccccc%10)n9)c8)n7)c6c54)c3)c2)cc1. The number of benzene rings is 9. The van der Waals surface area contributed by atoms with Gasteiger partial charge in [0.25, 0.3) is 0 Å². The molecule has 13 rings (SSSR count). The van der Waals surface area contributed by atoms with Crippen molar-refractivity contribution in [3.05, 3.63) is 243 Å². The molecule has 0 spiro atoms. The van der Waals surface area contributed by atoms with Crippen molar-refractivity contribution in [3.8, 4) is 79.2 Å². The van der Waals surface area contributed by atoms with E-state index in [2.05, 4.69) is 215 Å². The van der Waals surface area contributed by atoms with Crippen molar-refractivity contribution in [1.82, 2.24) is 29.1 Å². The lowest BCUT2D eigenvalue weighted by atomic mass is 9.99. The fraction of sp³-hybridized carbons (Fsp3) is 0. The summed E-state index contributed by atoms with van der Waals surface area (Å²) < 4.78 is 4.68. The number of fused-ring (bicyclic) bond motifs is 7. The van der Waals surface area contributed by atoms with Crippen LogP contribution in [-0.4, -0.2) is 29.1 Å². The third-order valence-electron chi connectivity index (χ3n) is 13.0. The highest BCUT2D eigenvalue weighted by molar-refractivity contribution is 6.23. The van der Waals surface area contributed by atoms with Crippen LogP contribution < -0.4 is 0 Å². The Bertz CT molecular complexity index is 4020. The van der Waals surface area contributed by atoms with Crippen LogP contribution in [0.25, 0.3) is 123 Å². The van der Waals surface area contributed by atoms with Gasteiger partial charge in [0.05, 0.1) is 33.5 Å². The van der Waals surface area contributed by atoms with Gasteiger partial charge < -0.3 is 4.57 Å². The van der Waals surface area contributed by atoms with E-state index in [1.807, 2.05) is 36.4 Å². The van der Waals surface area contributed by atoms with Gasteiger partial charge in [-0.05, 0) is 70.8 Å². The van der Waals surface area contributed by atoms with Gasteiger partial charge in [-0.15, -0.1) is 0 Å². The van der Waals surface area contributed by atoms with Gasteiger partial charge in [-0.25, -0.2) is 9.97 Å². The van der Waals surface area contributed by atoms with Gasteiger partial charge in [0.1, 0.15) is 0 Å². The van der Waals surface area contributed by atoms with Crippen molar-refractivity contribution in [2.45, 2.75) is 0 Å². The average molecular weight is 869 g/mol. The van der Waals surface area contributed by atoms with E-state index < -0.39 is 0 Å². The summed E-state index contributed by atoms with van der Waals surface area (Å²) in [5.74, 6) is 1.69. The first-order chi connectivity index (χ1) is 33.7. The average Bonchev–Trinajstić information content (AvgIpc) is 3.95. The normalized spacial score (nSPS) is 11.5. The van der Waals surface area contributed by atoms with Crippen LogP contribution in [0.4, 0.5) is 0 Å². The third-order valence-corrected chi connectivity index (χ3v) is 13.0. The second kappa shape index (κ2) is 16.3. The molecule has 4 heterocycles. The number of aromatic nitrogens is 6. The molecule has 6 nitrogen and oxygen atoms in total. The van der Waals surface area contributed by atoms with Crippen LogP contribution in [0.5, 0.6) is 0 Å². The molecule has 318 valence electrons. The van der Waals surface area contributed by atoms with E-state index >= 15 is 0 Å². The van der Waals surface area contributed by atoms with Crippen molar-refractivity contribution < 1.29 is 0 Å². The van der Waals surface area contributed by atoms with E-state index in [4.69, 9.17) is 19.9 Å². The molecule has 0 saturated carbocycles. The topological polar surface area (TPSA) is 61.4 Å². The molecule has 0 unspecified atom stereocenters. The Balaban J connectivity index is 1.04. The first kappa shape index (κ1) is 39.1. The van der Waals surface area contributed by atoms with Crippen molar-refractivity contribution >= 4 is 43.6 Å². The minimum atomic E-state index is 0.533. The summed E-state index contributed by atoms with van der Waals surface area (Å²) in [6.45, 7) is 0. The van der Waals surface area contributed by atoms with Gasteiger partial charge in [0.2, 0.25) is 5.95 Å². The number of pyridine rings is 1. The van der Waals surface area contributed by atoms with Gasteiger partial charge in [-0.2, -0.15) is 9.97 Å². The lowest BCUT2D eigenvalue weighted by molar-refractivity contribution is 0.953. The summed E-state index contributed by atoms with van der Waals surface area (Å²) in [6, 6.07) is 85.1. The van der Waals surface area contributed by atoms with E-state index in [-0.39, 0.29) is 0 Å². The summed E-state index contributed by atoms with van der Waals surface area (Å²) in [7, 11) is 0. The predicted octanol–water partition coefficient (Wildman–Crippen LogP) is 15.5. The second-order valence-corrected chi connectivity index (χ2v) is 17.1. The van der Waals surface area contributed by atoms with Crippen LogP contribution in [0.3, 0.4) is 0 Å². The molecule has 13 aromatic rings. The lowest BCUT2D eigenvalue weighted by Crippen LogP contribution is -2.07. The van der Waals surface area contributed by atoms with E-state index in [0.717, 1.165) is 88.7 Å². The maximum Gasteiger partial charge on any atom is 0.238 e. The largest absolute Gasteiger partial charge is 0.307 e. The van der Waals surface area contributed by atoms with Crippen LogP contribution in [0.2, 0.25) is 0 Å². The molecule has 0 saturated heterocycles. The summed E-state index contributed by atoms with van der Waals surface area (Å²) in [4.78, 5) is 21.1. The highest BCUT2D eigenvalue weighted by Crippen LogP contribution is 2.42. The molecule has 0 aliphatic rings. The minimum Gasteiger partial charge on any atom is -0.307 e. The van der Waals surface area contributed by atoms with Gasteiger partial charge in [-0.1, -0.05) is 194 Å². The lowest BCUT2D eigenvalue weighted by Gasteiger charge is -2.14. The highest BCUT2D eigenvalue weighted by Gasteiger charge is 2.24. The minimum absolute atomic E-state index is 0.533. The summed E-state index contributed by atoms with van der Waals surface area (Å²) in [6.07, 6.45) is 0. The van der Waals surface area contributed by atoms with E-state index in [9.17, 15) is 0 Å². The second-order valence-electron chi connectivity index (χ2n) is 17.1. The zero-order chi connectivity index (χ0) is 45.0. The third kappa shape index (κ3) is 6.74. The molecule has 0 atom stereocenters. The molecule has 0 radical (unpaired) electrons. The Morgan fingerprint density at radius 3 is 1.37 bits per heavy atom. The van der Waals surface area contributed by atoms with Crippen LogP contribution in [0.15, 0.2) is 243 Å². The number of hydrogen-bond acceptors (Lipinski definition) is 4. The van der Waals surface area contributed by atoms with Crippen LogP contribution in [0, 0.1) is 0 Å². The Morgan fingerprint density at radius 1 is 0.250 bits per heavy atom. The Labute approximate surface area is 392 Å². The maximum atomic E-state index is 5.43. The van der Waals surface area contributed by atoms with Crippen molar-refractivity contribution in [2.75, 3.05) is 0 Å². The summed E-state index contributed by atoms with van der Waals surface area (Å²) >= 11 is 0. The highest BCUT2D eigenvalue weighted by atomic mass is 15.2. The molecular weight excluding hydrogens is 829 g/mol. The number of rotatable bonds is 8. The van der Waals surface area contributed by atoms with Crippen molar-refractivity contribution in [1.29, 1.82) is 0 Å². The summed E-state index contributed by atoms with van der Waals surface area (Å²) in [5, 5.41) is 4.53. The quantitative estimate of drug-likeness (QED) is 0.153. The molecule has 0 N–H and O–H groups in total. The molecule has 4 aromatic heterocycles. The molecule has 68 heavy (non-hydrogen) atoms. The van der Waals surface area contributed by atoms with E-state index in [1.165, 1.54) is 16.5 Å².